The molecule has 2 rings (SSSR count). The number of aromatic nitrogens is 2. The van der Waals surface area contributed by atoms with E-state index in [9.17, 15) is 9.90 Å². The van der Waals surface area contributed by atoms with E-state index in [1.807, 2.05) is 6.92 Å². The number of H-pyrrole nitrogens is 1. The van der Waals surface area contributed by atoms with E-state index in [-0.39, 0.29) is 11.9 Å². The van der Waals surface area contributed by atoms with E-state index in [1.54, 1.807) is 0 Å². The number of nitrogens with one attached hydrogen (secondary N) is 2. The van der Waals surface area contributed by atoms with E-state index < -0.39 is 6.10 Å². The summed E-state index contributed by atoms with van der Waals surface area (Å²) in [5.41, 5.74) is 2.20. The highest BCUT2D eigenvalue weighted by Gasteiger charge is 2.25. The summed E-state index contributed by atoms with van der Waals surface area (Å²) in [5.74, 6) is 0.941. The molecule has 0 unspecified atom stereocenters. The van der Waals surface area contributed by atoms with Gasteiger partial charge in [-0.15, -0.1) is 0 Å². The molecule has 0 bridgehead atoms. The Bertz CT molecular complexity index is 486. The van der Waals surface area contributed by atoms with Crippen molar-refractivity contribution in [3.8, 4) is 0 Å². The van der Waals surface area contributed by atoms with Crippen LogP contribution in [0, 0.1) is 6.92 Å². The molecule has 2 heterocycles. The molecule has 6 heteroatoms. The number of likely N-dealkylation sites (tertiary alicyclic amines) is 1. The van der Waals surface area contributed by atoms with Gasteiger partial charge in [-0.05, 0) is 19.8 Å². The van der Waals surface area contributed by atoms with Crippen LogP contribution in [-0.2, 0) is 17.8 Å². The lowest BCUT2D eigenvalue weighted by Crippen LogP contribution is -2.42. The minimum Gasteiger partial charge on any atom is -0.391 e. The second kappa shape index (κ2) is 7.04. The fourth-order valence-corrected chi connectivity index (χ4v) is 2.83. The minimum atomic E-state index is -0.467. The Morgan fingerprint density at radius 1 is 1.48 bits per heavy atom. The van der Waals surface area contributed by atoms with Crippen molar-refractivity contribution in [2.24, 2.45) is 0 Å². The first-order valence-electron chi connectivity index (χ1n) is 7.71. The van der Waals surface area contributed by atoms with Gasteiger partial charge < -0.3 is 15.4 Å². The highest BCUT2D eigenvalue weighted by molar-refractivity contribution is 5.73. The van der Waals surface area contributed by atoms with Crippen molar-refractivity contribution in [2.75, 3.05) is 13.1 Å². The monoisotopic (exact) mass is 294 g/mol. The van der Waals surface area contributed by atoms with Crippen LogP contribution in [0.15, 0.2) is 0 Å². The van der Waals surface area contributed by atoms with Crippen molar-refractivity contribution in [1.29, 1.82) is 0 Å². The van der Waals surface area contributed by atoms with Gasteiger partial charge in [-0.3, -0.25) is 9.69 Å². The summed E-state index contributed by atoms with van der Waals surface area (Å²) >= 11 is 0. The predicted octanol–water partition coefficient (Wildman–Crippen LogP) is 0.742. The fourth-order valence-electron chi connectivity index (χ4n) is 2.83. The number of rotatable bonds is 4. The number of aryl methyl sites for hydroxylation is 2. The van der Waals surface area contributed by atoms with E-state index in [1.165, 1.54) is 6.92 Å². The molecule has 2 atom stereocenters. The van der Waals surface area contributed by atoms with E-state index >= 15 is 0 Å². The molecule has 0 saturated carbocycles. The number of nitrogens with zero attached hydrogens (tertiary/aromatic N) is 2. The summed E-state index contributed by atoms with van der Waals surface area (Å²) in [6, 6.07) is -0.140. The van der Waals surface area contributed by atoms with Crippen LogP contribution < -0.4 is 5.32 Å². The van der Waals surface area contributed by atoms with Crippen molar-refractivity contribution in [1.82, 2.24) is 20.2 Å². The molecule has 1 aromatic rings. The van der Waals surface area contributed by atoms with Gasteiger partial charge in [0, 0.05) is 38.7 Å². The van der Waals surface area contributed by atoms with Gasteiger partial charge >= 0.3 is 0 Å². The van der Waals surface area contributed by atoms with Crippen molar-refractivity contribution in [3.63, 3.8) is 0 Å². The van der Waals surface area contributed by atoms with E-state index in [0.717, 1.165) is 49.7 Å². The van der Waals surface area contributed by atoms with Crippen molar-refractivity contribution < 1.29 is 9.90 Å². The van der Waals surface area contributed by atoms with Crippen molar-refractivity contribution in [2.45, 2.75) is 58.7 Å². The Balaban J connectivity index is 1.96. The van der Waals surface area contributed by atoms with Gasteiger partial charge in [-0.2, -0.15) is 0 Å². The molecule has 0 radical (unpaired) electrons. The Labute approximate surface area is 125 Å². The van der Waals surface area contributed by atoms with Gasteiger partial charge in [0.05, 0.1) is 17.8 Å². The predicted molar refractivity (Wildman–Crippen MR) is 80.8 cm³/mol. The van der Waals surface area contributed by atoms with Gasteiger partial charge in [0.2, 0.25) is 5.91 Å². The van der Waals surface area contributed by atoms with Gasteiger partial charge in [0.15, 0.2) is 0 Å². The highest BCUT2D eigenvalue weighted by atomic mass is 16.3. The largest absolute Gasteiger partial charge is 0.391 e. The number of carbonyl (C=O) groups is 1. The Kier molecular flexibility index (Phi) is 5.36. The molecule has 1 aliphatic heterocycles. The summed E-state index contributed by atoms with van der Waals surface area (Å²) < 4.78 is 0. The summed E-state index contributed by atoms with van der Waals surface area (Å²) in [5, 5.41) is 13.0. The zero-order valence-corrected chi connectivity index (χ0v) is 13.1. The van der Waals surface area contributed by atoms with Crippen LogP contribution in [0.25, 0.3) is 0 Å². The van der Waals surface area contributed by atoms with E-state index in [0.29, 0.717) is 6.42 Å². The standard InChI is InChI=1S/C15H26N4O2/c1-4-15-16-10(2)13(18-15)9-19-7-5-12(17-11(3)20)14(21)6-8-19/h12,14,21H,4-9H2,1-3H3,(H,16,18)(H,17,20)/t12-,14-/m0/s1. The molecule has 3 N–H and O–H groups in total. The molecule has 1 fully saturated rings. The van der Waals surface area contributed by atoms with Crippen LogP contribution in [0.3, 0.4) is 0 Å². The number of hydrogen-bond acceptors (Lipinski definition) is 4. The zero-order valence-electron chi connectivity index (χ0n) is 13.1. The molecule has 1 saturated heterocycles. The summed E-state index contributed by atoms with van der Waals surface area (Å²) in [6.45, 7) is 8.11. The second-order valence-electron chi connectivity index (χ2n) is 5.84. The van der Waals surface area contributed by atoms with Crippen LogP contribution in [0.5, 0.6) is 0 Å². The normalized spacial score (nSPS) is 23.8. The molecule has 0 aliphatic carbocycles. The third kappa shape index (κ3) is 4.28. The number of aliphatic hydroxyl groups is 1. The average molecular weight is 294 g/mol. The fraction of sp³-hybridized carbons (Fsp3) is 0.733. The van der Waals surface area contributed by atoms with Crippen molar-refractivity contribution >= 4 is 5.91 Å². The first-order chi connectivity index (χ1) is 9.99. The van der Waals surface area contributed by atoms with Crippen LogP contribution >= 0.6 is 0 Å². The second-order valence-corrected chi connectivity index (χ2v) is 5.84. The Morgan fingerprint density at radius 3 is 2.81 bits per heavy atom. The van der Waals surface area contributed by atoms with Crippen molar-refractivity contribution in [3.05, 3.63) is 17.2 Å². The highest BCUT2D eigenvalue weighted by Crippen LogP contribution is 2.16. The molecular weight excluding hydrogens is 268 g/mol. The number of imidazole rings is 1. The lowest BCUT2D eigenvalue weighted by Gasteiger charge is -2.20. The maximum absolute atomic E-state index is 11.2. The van der Waals surface area contributed by atoms with Crippen LogP contribution in [0.1, 0.15) is 43.9 Å². The Hall–Kier alpha value is -1.40. The van der Waals surface area contributed by atoms with Gasteiger partial charge in [0.1, 0.15) is 5.82 Å². The van der Waals surface area contributed by atoms with Gasteiger partial charge in [0.25, 0.3) is 0 Å². The topological polar surface area (TPSA) is 81.2 Å². The third-order valence-corrected chi connectivity index (χ3v) is 4.09. The minimum absolute atomic E-state index is 0.0803. The number of carbonyl (C=O) groups excluding carboxylic acids is 1. The van der Waals surface area contributed by atoms with Crippen LogP contribution in [0.4, 0.5) is 0 Å². The molecule has 1 aromatic heterocycles. The number of aromatic amines is 1. The molecule has 0 aromatic carbocycles. The van der Waals surface area contributed by atoms with E-state index in [2.05, 4.69) is 27.1 Å². The maximum atomic E-state index is 11.2. The lowest BCUT2D eigenvalue weighted by atomic mass is 10.1. The number of amides is 1. The first kappa shape index (κ1) is 16.0. The summed E-state index contributed by atoms with van der Waals surface area (Å²) in [4.78, 5) is 21.4. The van der Waals surface area contributed by atoms with Crippen LogP contribution in [0.2, 0.25) is 0 Å². The molecule has 0 spiro atoms. The molecular formula is C15H26N4O2. The SMILES string of the molecule is CCc1nc(CN2CC[C@H](NC(C)=O)[C@@H](O)CC2)c(C)[nH]1. The third-order valence-electron chi connectivity index (χ3n) is 4.09. The first-order valence-corrected chi connectivity index (χ1v) is 7.71. The number of aliphatic hydroxyl groups excluding tert-OH is 1. The average Bonchev–Trinajstić information content (AvgIpc) is 2.70. The quantitative estimate of drug-likeness (QED) is 0.765. The van der Waals surface area contributed by atoms with Gasteiger partial charge in [-0.25, -0.2) is 4.98 Å². The zero-order chi connectivity index (χ0) is 15.4. The molecule has 118 valence electrons. The molecule has 6 nitrogen and oxygen atoms in total. The molecule has 1 amide bonds. The maximum Gasteiger partial charge on any atom is 0.217 e. The van der Waals surface area contributed by atoms with E-state index in [4.69, 9.17) is 0 Å². The summed E-state index contributed by atoms with van der Waals surface area (Å²) in [6.07, 6.45) is 1.88. The Morgan fingerprint density at radius 2 is 2.19 bits per heavy atom. The lowest BCUT2D eigenvalue weighted by molar-refractivity contribution is -0.120. The number of hydrogen-bond donors (Lipinski definition) is 3. The summed E-state index contributed by atoms with van der Waals surface area (Å²) in [7, 11) is 0. The molecule has 1 aliphatic rings. The van der Waals surface area contributed by atoms with Crippen LogP contribution in [-0.4, -0.2) is 51.1 Å². The molecule has 21 heavy (non-hydrogen) atoms. The van der Waals surface area contributed by atoms with Gasteiger partial charge in [-0.1, -0.05) is 6.92 Å². The smallest absolute Gasteiger partial charge is 0.217 e.